The van der Waals surface area contributed by atoms with Crippen LogP contribution in [-0.4, -0.2) is 16.5 Å². The average molecular weight is 294 g/mol. The summed E-state index contributed by atoms with van der Waals surface area (Å²) in [5.41, 5.74) is 0. The standard InChI is InChI=1S/C14H16ClN3S/c1-3-12-17-13(16-4-2)9-14(18-12)19-11-7-5-6-10(15)8-11/h5-9H,3-4H2,1-2H3,(H,16,17,18). The van der Waals surface area contributed by atoms with Crippen molar-refractivity contribution in [2.45, 2.75) is 30.2 Å². The van der Waals surface area contributed by atoms with Gasteiger partial charge in [-0.15, -0.1) is 0 Å². The number of aryl methyl sites for hydroxylation is 1. The van der Waals surface area contributed by atoms with Crippen molar-refractivity contribution in [3.05, 3.63) is 41.2 Å². The van der Waals surface area contributed by atoms with Crippen LogP contribution in [0.3, 0.4) is 0 Å². The van der Waals surface area contributed by atoms with Crippen LogP contribution in [0.2, 0.25) is 5.02 Å². The molecule has 0 saturated heterocycles. The molecular weight excluding hydrogens is 278 g/mol. The topological polar surface area (TPSA) is 37.8 Å². The van der Waals surface area contributed by atoms with E-state index in [1.165, 1.54) is 0 Å². The summed E-state index contributed by atoms with van der Waals surface area (Å²) in [4.78, 5) is 10.0. The lowest BCUT2D eigenvalue weighted by atomic mass is 10.4. The summed E-state index contributed by atoms with van der Waals surface area (Å²) in [5, 5.41) is 4.90. The van der Waals surface area contributed by atoms with E-state index in [2.05, 4.69) is 29.1 Å². The van der Waals surface area contributed by atoms with Gasteiger partial charge in [-0.2, -0.15) is 0 Å². The van der Waals surface area contributed by atoms with Crippen LogP contribution in [0.1, 0.15) is 19.7 Å². The molecule has 0 saturated carbocycles. The number of nitrogens with one attached hydrogen (secondary N) is 1. The van der Waals surface area contributed by atoms with Crippen LogP contribution < -0.4 is 5.32 Å². The van der Waals surface area contributed by atoms with E-state index in [1.54, 1.807) is 11.8 Å². The van der Waals surface area contributed by atoms with Gasteiger partial charge in [-0.05, 0) is 25.1 Å². The number of nitrogens with zero attached hydrogens (tertiary/aromatic N) is 2. The maximum atomic E-state index is 5.99. The zero-order valence-corrected chi connectivity index (χ0v) is 12.6. The highest BCUT2D eigenvalue weighted by Gasteiger charge is 2.05. The fraction of sp³-hybridized carbons (Fsp3) is 0.286. The molecule has 3 nitrogen and oxygen atoms in total. The Bertz CT molecular complexity index is 560. The minimum atomic E-state index is 0.738. The van der Waals surface area contributed by atoms with Crippen LogP contribution in [0.25, 0.3) is 0 Å². The number of halogens is 1. The van der Waals surface area contributed by atoms with Crippen LogP contribution >= 0.6 is 23.4 Å². The highest BCUT2D eigenvalue weighted by atomic mass is 35.5. The van der Waals surface area contributed by atoms with Crippen molar-refractivity contribution >= 4 is 29.2 Å². The molecule has 1 aromatic carbocycles. The SMILES string of the molecule is CCNc1cc(Sc2cccc(Cl)c2)nc(CC)n1. The van der Waals surface area contributed by atoms with Crippen LogP contribution in [0, 0.1) is 0 Å². The molecule has 19 heavy (non-hydrogen) atoms. The van der Waals surface area contributed by atoms with Crippen molar-refractivity contribution in [3.63, 3.8) is 0 Å². The Kier molecular flexibility index (Phi) is 5.05. The van der Waals surface area contributed by atoms with Gasteiger partial charge in [-0.1, -0.05) is 36.4 Å². The third kappa shape index (κ3) is 4.11. The van der Waals surface area contributed by atoms with Gasteiger partial charge in [0.25, 0.3) is 0 Å². The fourth-order valence-electron chi connectivity index (χ4n) is 1.61. The summed E-state index contributed by atoms with van der Waals surface area (Å²) in [6.07, 6.45) is 0.822. The van der Waals surface area contributed by atoms with Gasteiger partial charge in [0.15, 0.2) is 0 Å². The molecule has 0 radical (unpaired) electrons. The van der Waals surface area contributed by atoms with Crippen LogP contribution in [0.5, 0.6) is 0 Å². The van der Waals surface area contributed by atoms with Gasteiger partial charge in [-0.3, -0.25) is 0 Å². The highest BCUT2D eigenvalue weighted by Crippen LogP contribution is 2.29. The first-order valence-corrected chi connectivity index (χ1v) is 7.46. The summed E-state index contributed by atoms with van der Waals surface area (Å²) in [5.74, 6) is 1.72. The Morgan fingerprint density at radius 3 is 2.74 bits per heavy atom. The molecule has 2 aromatic rings. The average Bonchev–Trinajstić information content (AvgIpc) is 2.39. The maximum absolute atomic E-state index is 5.99. The summed E-state index contributed by atoms with van der Waals surface area (Å²) in [7, 11) is 0. The summed E-state index contributed by atoms with van der Waals surface area (Å²) < 4.78 is 0. The van der Waals surface area contributed by atoms with Crippen LogP contribution in [0.15, 0.2) is 40.3 Å². The second kappa shape index (κ2) is 6.78. The van der Waals surface area contributed by atoms with E-state index in [0.29, 0.717) is 0 Å². The molecule has 0 fully saturated rings. The zero-order valence-electron chi connectivity index (χ0n) is 11.0. The molecule has 0 spiro atoms. The lowest BCUT2D eigenvalue weighted by molar-refractivity contribution is 0.887. The number of hydrogen-bond donors (Lipinski definition) is 1. The molecule has 1 aromatic heterocycles. The zero-order chi connectivity index (χ0) is 13.7. The first-order chi connectivity index (χ1) is 9.21. The molecule has 0 aliphatic rings. The van der Waals surface area contributed by atoms with E-state index >= 15 is 0 Å². The Morgan fingerprint density at radius 1 is 1.21 bits per heavy atom. The van der Waals surface area contributed by atoms with Crippen molar-refractivity contribution in [2.75, 3.05) is 11.9 Å². The van der Waals surface area contributed by atoms with E-state index in [1.807, 2.05) is 30.3 Å². The summed E-state index contributed by atoms with van der Waals surface area (Å²) in [6.45, 7) is 4.96. The molecule has 0 aliphatic heterocycles. The van der Waals surface area contributed by atoms with Crippen LogP contribution in [-0.2, 0) is 6.42 Å². The van der Waals surface area contributed by atoms with E-state index in [4.69, 9.17) is 11.6 Å². The lowest BCUT2D eigenvalue weighted by Crippen LogP contribution is -2.03. The molecule has 2 rings (SSSR count). The van der Waals surface area contributed by atoms with Gasteiger partial charge in [-0.25, -0.2) is 9.97 Å². The van der Waals surface area contributed by atoms with E-state index in [-0.39, 0.29) is 0 Å². The third-order valence-electron chi connectivity index (χ3n) is 2.44. The van der Waals surface area contributed by atoms with Crippen molar-refractivity contribution in [3.8, 4) is 0 Å². The molecule has 1 heterocycles. The molecule has 0 unspecified atom stereocenters. The Labute approximate surface area is 122 Å². The quantitative estimate of drug-likeness (QED) is 0.835. The minimum absolute atomic E-state index is 0.738. The molecule has 0 bridgehead atoms. The van der Waals surface area contributed by atoms with Crippen molar-refractivity contribution in [2.24, 2.45) is 0 Å². The predicted octanol–water partition coefficient (Wildman–Crippen LogP) is 4.28. The van der Waals surface area contributed by atoms with Gasteiger partial charge >= 0.3 is 0 Å². The minimum Gasteiger partial charge on any atom is -0.370 e. The Morgan fingerprint density at radius 2 is 2.05 bits per heavy atom. The predicted molar refractivity (Wildman–Crippen MR) is 81.1 cm³/mol. The maximum Gasteiger partial charge on any atom is 0.131 e. The normalized spacial score (nSPS) is 10.5. The third-order valence-corrected chi connectivity index (χ3v) is 3.58. The van der Waals surface area contributed by atoms with E-state index in [0.717, 1.165) is 39.6 Å². The number of anilines is 1. The first-order valence-electron chi connectivity index (χ1n) is 6.26. The summed E-state index contributed by atoms with van der Waals surface area (Å²) in [6, 6.07) is 9.74. The van der Waals surface area contributed by atoms with Gasteiger partial charge in [0.1, 0.15) is 16.7 Å². The van der Waals surface area contributed by atoms with Gasteiger partial charge in [0.2, 0.25) is 0 Å². The Balaban J connectivity index is 2.26. The molecule has 1 N–H and O–H groups in total. The van der Waals surface area contributed by atoms with Gasteiger partial charge in [0, 0.05) is 29.0 Å². The van der Waals surface area contributed by atoms with Crippen molar-refractivity contribution in [1.82, 2.24) is 9.97 Å². The van der Waals surface area contributed by atoms with Crippen LogP contribution in [0.4, 0.5) is 5.82 Å². The molecule has 0 aliphatic carbocycles. The molecule has 0 amide bonds. The summed E-state index contributed by atoms with van der Waals surface area (Å²) >= 11 is 7.59. The molecule has 100 valence electrons. The number of benzene rings is 1. The highest BCUT2D eigenvalue weighted by molar-refractivity contribution is 7.99. The Hall–Kier alpha value is -1.26. The van der Waals surface area contributed by atoms with Crippen molar-refractivity contribution < 1.29 is 0 Å². The van der Waals surface area contributed by atoms with Gasteiger partial charge in [0.05, 0.1) is 0 Å². The number of hydrogen-bond acceptors (Lipinski definition) is 4. The fourth-order valence-corrected chi connectivity index (χ4v) is 2.76. The molecule has 0 atom stereocenters. The number of rotatable bonds is 5. The van der Waals surface area contributed by atoms with Gasteiger partial charge < -0.3 is 5.32 Å². The second-order valence-electron chi connectivity index (χ2n) is 3.95. The van der Waals surface area contributed by atoms with Crippen molar-refractivity contribution in [1.29, 1.82) is 0 Å². The monoisotopic (exact) mass is 293 g/mol. The number of aromatic nitrogens is 2. The smallest absolute Gasteiger partial charge is 0.131 e. The van der Waals surface area contributed by atoms with E-state index in [9.17, 15) is 0 Å². The lowest BCUT2D eigenvalue weighted by Gasteiger charge is -2.07. The first kappa shape index (κ1) is 14.2. The van der Waals surface area contributed by atoms with E-state index < -0.39 is 0 Å². The molecular formula is C14H16ClN3S. The largest absolute Gasteiger partial charge is 0.370 e. The molecule has 5 heteroatoms. The second-order valence-corrected chi connectivity index (χ2v) is 5.48.